The number of nitrogens with zero attached hydrogens (tertiary/aromatic N) is 2. The second kappa shape index (κ2) is 9.25. The quantitative estimate of drug-likeness (QED) is 0.698. The number of carbonyl (C=O) groups is 2. The van der Waals surface area contributed by atoms with Crippen molar-refractivity contribution in [3.63, 3.8) is 0 Å². The first-order chi connectivity index (χ1) is 16.5. The summed E-state index contributed by atoms with van der Waals surface area (Å²) in [5, 5.41) is 11.6. The van der Waals surface area contributed by atoms with E-state index < -0.39 is 0 Å². The first-order valence-electron chi connectivity index (χ1n) is 12.9. The summed E-state index contributed by atoms with van der Waals surface area (Å²) >= 11 is 0. The third-order valence-corrected chi connectivity index (χ3v) is 8.45. The molecule has 1 spiro atoms. The Morgan fingerprint density at radius 3 is 2.59 bits per heavy atom. The number of amides is 2. The van der Waals surface area contributed by atoms with Crippen molar-refractivity contribution in [2.45, 2.75) is 69.7 Å². The summed E-state index contributed by atoms with van der Waals surface area (Å²) in [6.07, 6.45) is 7.17. The highest BCUT2D eigenvalue weighted by Crippen LogP contribution is 2.49. The average molecular weight is 468 g/mol. The number of aliphatic hydroxyl groups excluding tert-OH is 1. The number of methoxy groups -OCH3 is 1. The Morgan fingerprint density at radius 1 is 1.21 bits per heavy atom. The lowest BCUT2D eigenvalue weighted by molar-refractivity contribution is -0.143. The molecule has 1 saturated carbocycles. The van der Waals surface area contributed by atoms with Crippen LogP contribution in [-0.2, 0) is 15.0 Å². The lowest BCUT2D eigenvalue weighted by atomic mass is 9.68. The van der Waals surface area contributed by atoms with Crippen LogP contribution in [0.3, 0.4) is 0 Å². The molecule has 1 aromatic heterocycles. The summed E-state index contributed by atoms with van der Waals surface area (Å²) in [6, 6.07) is 5.71. The summed E-state index contributed by atoms with van der Waals surface area (Å²) < 4.78 is 5.46. The molecule has 2 amide bonds. The molecule has 1 atom stereocenters. The molecule has 184 valence electrons. The van der Waals surface area contributed by atoms with Crippen LogP contribution < -0.4 is 4.74 Å². The molecule has 7 heteroatoms. The Labute approximate surface area is 201 Å². The SMILES string of the molecule is CCCC(=O)N1CCC2(CC1)CN(C(=O)C1CCCC1)[C@@H](CO)c1[nH]c3cc(OC)ccc3c12. The van der Waals surface area contributed by atoms with Crippen LogP contribution in [0.25, 0.3) is 10.9 Å². The minimum Gasteiger partial charge on any atom is -0.497 e. The maximum Gasteiger partial charge on any atom is 0.226 e. The van der Waals surface area contributed by atoms with Gasteiger partial charge >= 0.3 is 0 Å². The molecule has 3 aliphatic rings. The Balaban J connectivity index is 1.58. The lowest BCUT2D eigenvalue weighted by Gasteiger charge is -2.50. The number of hydrogen-bond donors (Lipinski definition) is 2. The van der Waals surface area contributed by atoms with Gasteiger partial charge in [0.05, 0.1) is 19.8 Å². The molecule has 1 saturated heterocycles. The van der Waals surface area contributed by atoms with E-state index in [9.17, 15) is 14.7 Å². The van der Waals surface area contributed by atoms with Gasteiger partial charge in [0, 0.05) is 60.1 Å². The zero-order chi connectivity index (χ0) is 23.9. The molecular formula is C27H37N3O4. The smallest absolute Gasteiger partial charge is 0.226 e. The van der Waals surface area contributed by atoms with E-state index in [-0.39, 0.29) is 35.8 Å². The number of fused-ring (bicyclic) bond motifs is 4. The van der Waals surface area contributed by atoms with E-state index in [0.29, 0.717) is 26.1 Å². The van der Waals surface area contributed by atoms with Crippen molar-refractivity contribution in [2.24, 2.45) is 5.92 Å². The summed E-state index contributed by atoms with van der Waals surface area (Å²) in [5.41, 5.74) is 2.92. The maximum absolute atomic E-state index is 13.7. The Kier molecular flexibility index (Phi) is 6.32. The fourth-order valence-corrected chi connectivity index (χ4v) is 6.61. The minimum absolute atomic E-state index is 0.0587. The van der Waals surface area contributed by atoms with Gasteiger partial charge in [-0.1, -0.05) is 19.8 Å². The number of H-pyrrole nitrogens is 1. The van der Waals surface area contributed by atoms with Gasteiger partial charge < -0.3 is 24.6 Å². The Bertz CT molecular complexity index is 1060. The normalized spacial score (nSPS) is 22.4. The number of aliphatic hydroxyl groups is 1. The van der Waals surface area contributed by atoms with Crippen LogP contribution in [0.2, 0.25) is 0 Å². The standard InChI is InChI=1S/C27H37N3O4/c1-3-6-23(32)29-13-11-27(12-14-29)17-30(26(33)18-7-4-5-8-18)22(16-31)25-24(27)20-10-9-19(34-2)15-21(20)28-25/h9-10,15,18,22,28,31H,3-8,11-14,16-17H2,1-2H3/t22-/m0/s1. The number of aromatic amines is 1. The van der Waals surface area contributed by atoms with Gasteiger partial charge in [0.1, 0.15) is 5.75 Å². The van der Waals surface area contributed by atoms with Crippen LogP contribution in [0.4, 0.5) is 0 Å². The predicted molar refractivity (Wildman–Crippen MR) is 131 cm³/mol. The van der Waals surface area contributed by atoms with Crippen molar-refractivity contribution >= 4 is 22.7 Å². The molecule has 0 unspecified atom stereocenters. The molecule has 0 radical (unpaired) electrons. The summed E-state index contributed by atoms with van der Waals surface area (Å²) in [6.45, 7) is 3.95. The third kappa shape index (κ3) is 3.78. The zero-order valence-electron chi connectivity index (χ0n) is 20.4. The zero-order valence-corrected chi connectivity index (χ0v) is 20.4. The van der Waals surface area contributed by atoms with Crippen molar-refractivity contribution < 1.29 is 19.4 Å². The number of hydrogen-bond acceptors (Lipinski definition) is 4. The van der Waals surface area contributed by atoms with Gasteiger partial charge in [-0.3, -0.25) is 9.59 Å². The largest absolute Gasteiger partial charge is 0.497 e. The summed E-state index contributed by atoms with van der Waals surface area (Å²) in [5.74, 6) is 1.24. The minimum atomic E-state index is -0.369. The number of aromatic nitrogens is 1. The highest BCUT2D eigenvalue weighted by Gasteiger charge is 2.49. The fraction of sp³-hybridized carbons (Fsp3) is 0.630. The van der Waals surface area contributed by atoms with Gasteiger partial charge in [-0.25, -0.2) is 0 Å². The highest BCUT2D eigenvalue weighted by atomic mass is 16.5. The van der Waals surface area contributed by atoms with Crippen LogP contribution in [0.1, 0.15) is 75.6 Å². The topological polar surface area (TPSA) is 85.9 Å². The first-order valence-corrected chi connectivity index (χ1v) is 12.9. The van der Waals surface area contributed by atoms with Gasteiger partial charge in [-0.15, -0.1) is 0 Å². The van der Waals surface area contributed by atoms with Gasteiger partial charge in [0.15, 0.2) is 0 Å². The van der Waals surface area contributed by atoms with E-state index >= 15 is 0 Å². The van der Waals surface area contributed by atoms with Crippen molar-refractivity contribution in [1.82, 2.24) is 14.8 Å². The van der Waals surface area contributed by atoms with Crippen LogP contribution in [0.5, 0.6) is 5.75 Å². The second-order valence-corrected chi connectivity index (χ2v) is 10.4. The van der Waals surface area contributed by atoms with Gasteiger partial charge in [-0.05, 0) is 49.8 Å². The molecule has 2 N–H and O–H groups in total. The molecule has 2 aliphatic heterocycles. The van der Waals surface area contributed by atoms with E-state index in [1.165, 1.54) is 5.56 Å². The highest BCUT2D eigenvalue weighted by molar-refractivity contribution is 5.89. The number of benzene rings is 1. The molecule has 5 rings (SSSR count). The Morgan fingerprint density at radius 2 is 1.94 bits per heavy atom. The second-order valence-electron chi connectivity index (χ2n) is 10.4. The number of carbonyl (C=O) groups excluding carboxylic acids is 2. The fourth-order valence-electron chi connectivity index (χ4n) is 6.61. The van der Waals surface area contributed by atoms with E-state index in [2.05, 4.69) is 11.1 Å². The number of piperidine rings is 1. The molecule has 1 aromatic carbocycles. The number of nitrogens with one attached hydrogen (secondary N) is 1. The number of ether oxygens (including phenoxy) is 1. The van der Waals surface area contributed by atoms with E-state index in [1.807, 2.05) is 28.9 Å². The third-order valence-electron chi connectivity index (χ3n) is 8.45. The molecular weight excluding hydrogens is 430 g/mol. The lowest BCUT2D eigenvalue weighted by Crippen LogP contribution is -2.56. The molecule has 2 aromatic rings. The average Bonchev–Trinajstić information content (AvgIpc) is 3.52. The summed E-state index contributed by atoms with van der Waals surface area (Å²) in [7, 11) is 1.66. The molecule has 2 fully saturated rings. The number of likely N-dealkylation sites (tertiary alicyclic amines) is 1. The van der Waals surface area contributed by atoms with Crippen LogP contribution in [-0.4, -0.2) is 65.1 Å². The van der Waals surface area contributed by atoms with Crippen LogP contribution >= 0.6 is 0 Å². The molecule has 34 heavy (non-hydrogen) atoms. The van der Waals surface area contributed by atoms with Crippen LogP contribution in [0.15, 0.2) is 18.2 Å². The summed E-state index contributed by atoms with van der Waals surface area (Å²) in [4.78, 5) is 33.8. The molecule has 1 aliphatic carbocycles. The monoisotopic (exact) mass is 467 g/mol. The van der Waals surface area contributed by atoms with Gasteiger partial charge in [0.2, 0.25) is 11.8 Å². The molecule has 0 bridgehead atoms. The van der Waals surface area contributed by atoms with E-state index in [0.717, 1.165) is 67.3 Å². The van der Waals surface area contributed by atoms with Crippen molar-refractivity contribution in [3.8, 4) is 5.75 Å². The molecule has 7 nitrogen and oxygen atoms in total. The van der Waals surface area contributed by atoms with Crippen LogP contribution in [0, 0.1) is 5.92 Å². The molecule has 3 heterocycles. The van der Waals surface area contributed by atoms with E-state index in [1.54, 1.807) is 7.11 Å². The van der Waals surface area contributed by atoms with Gasteiger partial charge in [-0.2, -0.15) is 0 Å². The number of rotatable bonds is 5. The van der Waals surface area contributed by atoms with Crippen molar-refractivity contribution in [1.29, 1.82) is 0 Å². The van der Waals surface area contributed by atoms with Gasteiger partial charge in [0.25, 0.3) is 0 Å². The maximum atomic E-state index is 13.7. The first kappa shape index (κ1) is 23.2. The predicted octanol–water partition coefficient (Wildman–Crippen LogP) is 3.90. The van der Waals surface area contributed by atoms with E-state index in [4.69, 9.17) is 4.74 Å². The van der Waals surface area contributed by atoms with Crippen molar-refractivity contribution in [2.75, 3.05) is 33.4 Å². The Hall–Kier alpha value is -2.54. The van der Waals surface area contributed by atoms with Crippen molar-refractivity contribution in [3.05, 3.63) is 29.5 Å².